The van der Waals surface area contributed by atoms with Crippen LogP contribution in [0.3, 0.4) is 0 Å². The summed E-state index contributed by atoms with van der Waals surface area (Å²) in [5.74, 6) is -0.918. The minimum absolute atomic E-state index is 0.147. The quantitative estimate of drug-likeness (QED) is 0.744. The van der Waals surface area contributed by atoms with Gasteiger partial charge in [0, 0.05) is 13.1 Å². The van der Waals surface area contributed by atoms with E-state index in [9.17, 15) is 13.6 Å². The maximum absolute atomic E-state index is 14.3. The van der Waals surface area contributed by atoms with Crippen molar-refractivity contribution in [1.82, 2.24) is 9.88 Å². The molecule has 0 fully saturated rings. The van der Waals surface area contributed by atoms with E-state index in [0.29, 0.717) is 24.4 Å². The fourth-order valence-electron chi connectivity index (χ4n) is 2.98. The molecule has 1 aliphatic rings. The number of rotatable bonds is 3. The molecule has 4 nitrogen and oxygen atoms in total. The molecule has 3 aromatic rings. The molecule has 1 amide bonds. The number of thiazole rings is 1. The van der Waals surface area contributed by atoms with Gasteiger partial charge < -0.3 is 10.2 Å². The van der Waals surface area contributed by atoms with Gasteiger partial charge in [-0.2, -0.15) is 4.39 Å². The van der Waals surface area contributed by atoms with E-state index < -0.39 is 16.9 Å². The molecule has 0 saturated heterocycles. The van der Waals surface area contributed by atoms with E-state index in [1.54, 1.807) is 17.0 Å². The molecule has 0 unspecified atom stereocenters. The van der Waals surface area contributed by atoms with Crippen LogP contribution in [-0.2, 0) is 13.0 Å². The largest absolute Gasteiger partial charge is 0.333 e. The number of aromatic nitrogens is 1. The van der Waals surface area contributed by atoms with Crippen molar-refractivity contribution < 1.29 is 13.6 Å². The van der Waals surface area contributed by atoms with Crippen molar-refractivity contribution in [2.24, 2.45) is 0 Å². The second kappa shape index (κ2) is 6.84. The van der Waals surface area contributed by atoms with Gasteiger partial charge in [0.2, 0.25) is 5.13 Å². The second-order valence-corrected chi connectivity index (χ2v) is 6.94. The lowest BCUT2D eigenvalue weighted by Crippen LogP contribution is -2.36. The van der Waals surface area contributed by atoms with Crippen LogP contribution in [0.15, 0.2) is 48.5 Å². The highest BCUT2D eigenvalue weighted by molar-refractivity contribution is 7.14. The average Bonchev–Trinajstić information content (AvgIpc) is 3.03. The van der Waals surface area contributed by atoms with Gasteiger partial charge in [0.1, 0.15) is 5.82 Å². The first-order valence-corrected chi connectivity index (χ1v) is 8.97. The van der Waals surface area contributed by atoms with Gasteiger partial charge in [0.25, 0.3) is 5.91 Å². The van der Waals surface area contributed by atoms with Crippen LogP contribution in [0.25, 0.3) is 0 Å². The Morgan fingerprint density at radius 1 is 1.08 bits per heavy atom. The zero-order chi connectivity index (χ0) is 18.1. The number of benzene rings is 2. The number of amides is 1. The molecule has 0 bridgehead atoms. The topological polar surface area (TPSA) is 45.2 Å². The second-order valence-electron chi connectivity index (χ2n) is 5.99. The summed E-state index contributed by atoms with van der Waals surface area (Å²) in [5, 5.41) is 2.20. The maximum Gasteiger partial charge on any atom is 0.276 e. The average molecular weight is 371 g/mol. The van der Waals surface area contributed by atoms with Crippen LogP contribution in [0.4, 0.5) is 19.6 Å². The fraction of sp³-hybridized carbons (Fsp3) is 0.158. The SMILES string of the molecule is O=C(c1nc(Nc2ccccc2F)sc1F)N1CCc2ccccc2C1. The van der Waals surface area contributed by atoms with Gasteiger partial charge >= 0.3 is 0 Å². The van der Waals surface area contributed by atoms with Crippen LogP contribution in [0, 0.1) is 10.9 Å². The number of fused-ring (bicyclic) bond motifs is 1. The van der Waals surface area contributed by atoms with Crippen LogP contribution in [-0.4, -0.2) is 22.3 Å². The summed E-state index contributed by atoms with van der Waals surface area (Å²) >= 11 is 0.693. The lowest BCUT2D eigenvalue weighted by Gasteiger charge is -2.28. The number of anilines is 2. The van der Waals surface area contributed by atoms with Gasteiger partial charge in [-0.05, 0) is 29.7 Å². The highest BCUT2D eigenvalue weighted by Crippen LogP contribution is 2.28. The van der Waals surface area contributed by atoms with Gasteiger partial charge in [-0.3, -0.25) is 4.79 Å². The fourth-order valence-corrected chi connectivity index (χ4v) is 3.68. The first kappa shape index (κ1) is 16.7. The summed E-state index contributed by atoms with van der Waals surface area (Å²) in [6.45, 7) is 0.949. The Hall–Kier alpha value is -2.80. The summed E-state index contributed by atoms with van der Waals surface area (Å²) in [5.41, 5.74) is 2.23. The Bertz CT molecular complexity index is 973. The summed E-state index contributed by atoms with van der Waals surface area (Å²) in [7, 11) is 0. The molecule has 132 valence electrons. The molecular formula is C19H15F2N3OS. The first-order chi connectivity index (χ1) is 12.6. The van der Waals surface area contributed by atoms with Gasteiger partial charge in [-0.25, -0.2) is 9.37 Å². The van der Waals surface area contributed by atoms with E-state index in [2.05, 4.69) is 10.3 Å². The van der Waals surface area contributed by atoms with Crippen molar-refractivity contribution in [2.75, 3.05) is 11.9 Å². The molecular weight excluding hydrogens is 356 g/mol. The van der Waals surface area contributed by atoms with Crippen molar-refractivity contribution in [3.05, 3.63) is 76.3 Å². The lowest BCUT2D eigenvalue weighted by atomic mass is 10.00. The van der Waals surface area contributed by atoms with Crippen molar-refractivity contribution in [3.63, 3.8) is 0 Å². The zero-order valence-corrected chi connectivity index (χ0v) is 14.5. The molecule has 1 aliphatic heterocycles. The van der Waals surface area contributed by atoms with E-state index in [-0.39, 0.29) is 16.5 Å². The number of halogens is 2. The highest BCUT2D eigenvalue weighted by atomic mass is 32.1. The van der Waals surface area contributed by atoms with Crippen LogP contribution in [0.1, 0.15) is 21.6 Å². The Balaban J connectivity index is 1.54. The molecule has 1 aromatic heterocycles. The predicted molar refractivity (Wildman–Crippen MR) is 96.6 cm³/mol. The molecule has 0 aliphatic carbocycles. The Morgan fingerprint density at radius 3 is 2.62 bits per heavy atom. The molecule has 0 radical (unpaired) electrons. The third kappa shape index (κ3) is 3.17. The van der Waals surface area contributed by atoms with Crippen LogP contribution >= 0.6 is 11.3 Å². The van der Waals surface area contributed by atoms with E-state index in [0.717, 1.165) is 12.0 Å². The monoisotopic (exact) mass is 371 g/mol. The molecule has 2 heterocycles. The zero-order valence-electron chi connectivity index (χ0n) is 13.7. The van der Waals surface area contributed by atoms with Gasteiger partial charge in [-0.15, -0.1) is 0 Å². The van der Waals surface area contributed by atoms with Crippen molar-refractivity contribution in [3.8, 4) is 0 Å². The molecule has 2 aromatic carbocycles. The third-order valence-electron chi connectivity index (χ3n) is 4.32. The standard InChI is InChI=1S/C19H15F2N3OS/c20-14-7-3-4-8-15(14)22-19-23-16(17(21)26-19)18(25)24-10-9-12-5-1-2-6-13(12)11-24/h1-8H,9-11H2,(H,22,23). The Labute approximate surface area is 153 Å². The molecule has 7 heteroatoms. The molecule has 4 rings (SSSR count). The molecule has 26 heavy (non-hydrogen) atoms. The molecule has 1 N–H and O–H groups in total. The number of nitrogens with zero attached hydrogens (tertiary/aromatic N) is 2. The number of carbonyl (C=O) groups excluding carboxylic acids is 1. The van der Waals surface area contributed by atoms with E-state index in [1.807, 2.05) is 24.3 Å². The van der Waals surface area contributed by atoms with Crippen molar-refractivity contribution in [1.29, 1.82) is 0 Å². The van der Waals surface area contributed by atoms with E-state index in [1.165, 1.54) is 17.7 Å². The summed E-state index contributed by atoms with van der Waals surface area (Å²) in [6, 6.07) is 13.9. The van der Waals surface area contributed by atoms with E-state index in [4.69, 9.17) is 0 Å². The highest BCUT2D eigenvalue weighted by Gasteiger charge is 2.27. The molecule has 0 spiro atoms. The van der Waals surface area contributed by atoms with Crippen molar-refractivity contribution in [2.45, 2.75) is 13.0 Å². The molecule has 0 saturated carbocycles. The van der Waals surface area contributed by atoms with Gasteiger partial charge in [0.15, 0.2) is 10.8 Å². The normalized spacial score (nSPS) is 13.4. The van der Waals surface area contributed by atoms with Gasteiger partial charge in [-0.1, -0.05) is 47.7 Å². The number of nitrogens with one attached hydrogen (secondary N) is 1. The van der Waals surface area contributed by atoms with Crippen LogP contribution < -0.4 is 5.32 Å². The van der Waals surface area contributed by atoms with Gasteiger partial charge in [0.05, 0.1) is 5.69 Å². The maximum atomic E-state index is 14.3. The number of carbonyl (C=O) groups is 1. The van der Waals surface area contributed by atoms with Crippen molar-refractivity contribution >= 4 is 28.1 Å². The Morgan fingerprint density at radius 2 is 1.81 bits per heavy atom. The lowest BCUT2D eigenvalue weighted by molar-refractivity contribution is 0.0725. The summed E-state index contributed by atoms with van der Waals surface area (Å²) in [4.78, 5) is 18.3. The minimum Gasteiger partial charge on any atom is -0.333 e. The third-order valence-corrected chi connectivity index (χ3v) is 5.08. The van der Waals surface area contributed by atoms with E-state index >= 15 is 0 Å². The number of para-hydroxylation sites is 1. The first-order valence-electron chi connectivity index (χ1n) is 8.16. The van der Waals surface area contributed by atoms with Crippen LogP contribution in [0.5, 0.6) is 0 Å². The van der Waals surface area contributed by atoms with Crippen LogP contribution in [0.2, 0.25) is 0 Å². The molecule has 0 atom stereocenters. The number of hydrogen-bond acceptors (Lipinski definition) is 4. The smallest absolute Gasteiger partial charge is 0.276 e. The number of hydrogen-bond donors (Lipinski definition) is 1. The summed E-state index contributed by atoms with van der Waals surface area (Å²) in [6.07, 6.45) is 0.730. The minimum atomic E-state index is -0.673. The Kier molecular flexibility index (Phi) is 4.38. The predicted octanol–water partition coefficient (Wildman–Crippen LogP) is 4.36. The summed E-state index contributed by atoms with van der Waals surface area (Å²) < 4.78 is 28.0.